The smallest absolute Gasteiger partial charge is 0.338 e. The lowest BCUT2D eigenvalue weighted by Gasteiger charge is -2.37. The maximum atomic E-state index is 13.7. The number of fused-ring (bicyclic) bond motifs is 1. The third-order valence-electron chi connectivity index (χ3n) is 5.90. The van der Waals surface area contributed by atoms with E-state index in [0.717, 1.165) is 0 Å². The molecule has 1 saturated heterocycles. The Morgan fingerprint density at radius 2 is 1.71 bits per heavy atom. The number of piperidine rings is 1. The van der Waals surface area contributed by atoms with Gasteiger partial charge in [0.1, 0.15) is 12.6 Å². The SMILES string of the molecule is C[C@@H]1[C@@H]2[C@H](CN1C(=O)[C@@H](NC(=O)C(F)(F)OCC(F)(F)F)C(C)(C)C)C2(C)C. The van der Waals surface area contributed by atoms with Gasteiger partial charge in [-0.25, -0.2) is 0 Å². The summed E-state index contributed by atoms with van der Waals surface area (Å²) in [6.45, 7) is 9.00. The number of nitrogens with zero attached hydrogens (tertiary/aromatic N) is 1. The molecule has 0 unspecified atom stereocenters. The Bertz CT molecular complexity index is 642. The molecule has 2 aliphatic rings. The van der Waals surface area contributed by atoms with Gasteiger partial charge in [-0.05, 0) is 29.6 Å². The van der Waals surface area contributed by atoms with Gasteiger partial charge >= 0.3 is 18.2 Å². The fourth-order valence-corrected chi connectivity index (χ4v) is 4.22. The van der Waals surface area contributed by atoms with Crippen LogP contribution >= 0.6 is 0 Å². The number of nitrogens with one attached hydrogen (secondary N) is 1. The normalized spacial score (nSPS) is 28.0. The van der Waals surface area contributed by atoms with Crippen LogP contribution in [0.4, 0.5) is 22.0 Å². The number of hydrogen-bond donors (Lipinski definition) is 1. The Morgan fingerprint density at radius 3 is 2.11 bits per heavy atom. The second-order valence-corrected chi connectivity index (χ2v) is 9.38. The molecule has 10 heteroatoms. The van der Waals surface area contributed by atoms with Gasteiger partial charge in [0.05, 0.1) is 0 Å². The summed E-state index contributed by atoms with van der Waals surface area (Å²) in [4.78, 5) is 26.5. The molecule has 1 aliphatic heterocycles. The van der Waals surface area contributed by atoms with Gasteiger partial charge in [0, 0.05) is 12.6 Å². The molecule has 0 spiro atoms. The predicted molar refractivity (Wildman–Crippen MR) is 90.3 cm³/mol. The van der Waals surface area contributed by atoms with Gasteiger partial charge in [-0.15, -0.1) is 0 Å². The van der Waals surface area contributed by atoms with Gasteiger partial charge in [0.2, 0.25) is 5.91 Å². The van der Waals surface area contributed by atoms with Crippen LogP contribution in [0.15, 0.2) is 0 Å². The van der Waals surface area contributed by atoms with Crippen LogP contribution in [0, 0.1) is 22.7 Å². The van der Waals surface area contributed by atoms with Crippen LogP contribution in [0.25, 0.3) is 0 Å². The lowest BCUT2D eigenvalue weighted by molar-refractivity contribution is -0.275. The number of amides is 2. The molecule has 1 aliphatic carbocycles. The topological polar surface area (TPSA) is 58.6 Å². The first kappa shape index (κ1) is 22.8. The molecule has 2 amide bonds. The summed E-state index contributed by atoms with van der Waals surface area (Å²) in [7, 11) is 0. The number of halogens is 5. The minimum atomic E-state index is -5.01. The van der Waals surface area contributed by atoms with Gasteiger partial charge in [0.15, 0.2) is 0 Å². The molecule has 1 N–H and O–H groups in total. The van der Waals surface area contributed by atoms with Gasteiger partial charge in [-0.2, -0.15) is 22.0 Å². The number of carbonyl (C=O) groups is 2. The van der Waals surface area contributed by atoms with E-state index >= 15 is 0 Å². The molecule has 2 fully saturated rings. The molecule has 0 aromatic carbocycles. The molecule has 5 nitrogen and oxygen atoms in total. The number of ether oxygens (including phenoxy) is 1. The number of hydrogen-bond acceptors (Lipinski definition) is 3. The van der Waals surface area contributed by atoms with Crippen molar-refractivity contribution in [3.63, 3.8) is 0 Å². The van der Waals surface area contributed by atoms with Gasteiger partial charge in [-0.1, -0.05) is 34.6 Å². The van der Waals surface area contributed by atoms with Crippen molar-refractivity contribution in [2.24, 2.45) is 22.7 Å². The Hall–Kier alpha value is -1.45. The first-order valence-electron chi connectivity index (χ1n) is 9.09. The molecular formula is C18H27F5N2O3. The second-order valence-electron chi connectivity index (χ2n) is 9.38. The van der Waals surface area contributed by atoms with Crippen molar-refractivity contribution in [1.82, 2.24) is 10.2 Å². The highest BCUT2D eigenvalue weighted by molar-refractivity contribution is 5.91. The summed E-state index contributed by atoms with van der Waals surface area (Å²) in [5, 5.41) is 1.91. The van der Waals surface area contributed by atoms with E-state index in [1.165, 1.54) is 0 Å². The fraction of sp³-hybridized carbons (Fsp3) is 0.889. The van der Waals surface area contributed by atoms with E-state index in [1.807, 2.05) is 12.2 Å². The largest absolute Gasteiger partial charge is 0.436 e. The molecule has 162 valence electrons. The first-order valence-corrected chi connectivity index (χ1v) is 9.09. The number of carbonyl (C=O) groups excluding carboxylic acids is 2. The van der Waals surface area contributed by atoms with Crippen LogP contribution in [0.1, 0.15) is 41.5 Å². The monoisotopic (exact) mass is 414 g/mol. The standard InChI is InChI=1S/C18H27F5N2O3/c1-9-11-10(16(11,5)6)7-25(9)13(26)12(15(2,3)4)24-14(27)18(22,23)28-8-17(19,20)21/h9-12H,7-8H2,1-6H3,(H,24,27)/t9-,10+,11-,12-/m1/s1. The zero-order valence-corrected chi connectivity index (χ0v) is 16.8. The molecule has 1 heterocycles. The van der Waals surface area contributed by atoms with E-state index in [2.05, 4.69) is 18.6 Å². The summed E-state index contributed by atoms with van der Waals surface area (Å²) in [5.74, 6) is -1.99. The highest BCUT2D eigenvalue weighted by Gasteiger charge is 2.66. The zero-order chi connectivity index (χ0) is 21.9. The number of likely N-dealkylation sites (tertiary alicyclic amines) is 1. The van der Waals surface area contributed by atoms with Gasteiger partial charge in [-0.3, -0.25) is 9.59 Å². The van der Waals surface area contributed by atoms with E-state index in [-0.39, 0.29) is 11.5 Å². The summed E-state index contributed by atoms with van der Waals surface area (Å²) >= 11 is 0. The van der Waals surface area contributed by atoms with Crippen molar-refractivity contribution in [2.45, 2.75) is 65.9 Å². The highest BCUT2D eigenvalue weighted by Crippen LogP contribution is 2.64. The van der Waals surface area contributed by atoms with Gasteiger partial charge in [0.25, 0.3) is 0 Å². The highest BCUT2D eigenvalue weighted by atomic mass is 19.4. The summed E-state index contributed by atoms with van der Waals surface area (Å²) in [6, 6.07) is -1.44. The molecule has 1 saturated carbocycles. The maximum Gasteiger partial charge on any atom is 0.436 e. The molecule has 4 atom stereocenters. The van der Waals surface area contributed by atoms with Crippen LogP contribution in [0.5, 0.6) is 0 Å². The average Bonchev–Trinajstić information content (AvgIpc) is 2.84. The Kier molecular flexibility index (Phi) is 5.55. The van der Waals surface area contributed by atoms with Crippen molar-refractivity contribution in [2.75, 3.05) is 13.2 Å². The lowest BCUT2D eigenvalue weighted by Crippen LogP contribution is -2.59. The van der Waals surface area contributed by atoms with Crippen molar-refractivity contribution in [3.8, 4) is 0 Å². The minimum Gasteiger partial charge on any atom is -0.338 e. The maximum absolute atomic E-state index is 13.7. The Morgan fingerprint density at radius 1 is 1.18 bits per heavy atom. The van der Waals surface area contributed by atoms with Gasteiger partial charge < -0.3 is 15.0 Å². The molecule has 28 heavy (non-hydrogen) atoms. The van der Waals surface area contributed by atoms with Crippen LogP contribution in [-0.2, 0) is 14.3 Å². The Balaban J connectivity index is 2.10. The zero-order valence-electron chi connectivity index (χ0n) is 16.8. The summed E-state index contributed by atoms with van der Waals surface area (Å²) in [6.07, 6.45) is -9.72. The van der Waals surface area contributed by atoms with E-state index in [4.69, 9.17) is 0 Å². The second kappa shape index (κ2) is 6.81. The fourth-order valence-electron chi connectivity index (χ4n) is 4.22. The molecule has 0 bridgehead atoms. The third-order valence-corrected chi connectivity index (χ3v) is 5.90. The summed E-state index contributed by atoms with van der Waals surface area (Å²) < 4.78 is 67.3. The van der Waals surface area contributed by atoms with Crippen LogP contribution < -0.4 is 5.32 Å². The van der Waals surface area contributed by atoms with E-state index in [0.29, 0.717) is 18.4 Å². The van der Waals surface area contributed by atoms with Crippen LogP contribution in [0.2, 0.25) is 0 Å². The average molecular weight is 414 g/mol. The van der Waals surface area contributed by atoms with E-state index < -0.39 is 42.2 Å². The first-order chi connectivity index (χ1) is 12.4. The molecule has 0 radical (unpaired) electrons. The quantitative estimate of drug-likeness (QED) is 0.703. The summed E-state index contributed by atoms with van der Waals surface area (Å²) in [5.41, 5.74) is -0.829. The van der Waals surface area contributed by atoms with Crippen molar-refractivity contribution in [1.29, 1.82) is 0 Å². The molecule has 0 aromatic rings. The van der Waals surface area contributed by atoms with Crippen molar-refractivity contribution >= 4 is 11.8 Å². The molecular weight excluding hydrogens is 387 g/mol. The van der Waals surface area contributed by atoms with Crippen LogP contribution in [0.3, 0.4) is 0 Å². The van der Waals surface area contributed by atoms with Crippen molar-refractivity contribution < 1.29 is 36.3 Å². The lowest BCUT2D eigenvalue weighted by atomic mass is 9.85. The van der Waals surface area contributed by atoms with Crippen LogP contribution in [-0.4, -0.2) is 54.2 Å². The predicted octanol–water partition coefficient (Wildman–Crippen LogP) is 3.19. The Labute approximate surface area is 161 Å². The molecule has 0 aromatic heterocycles. The number of alkyl halides is 5. The minimum absolute atomic E-state index is 0.106. The van der Waals surface area contributed by atoms with Crippen molar-refractivity contribution in [3.05, 3.63) is 0 Å². The number of rotatable bonds is 5. The molecule has 2 rings (SSSR count). The van der Waals surface area contributed by atoms with E-state index in [9.17, 15) is 31.5 Å². The van der Waals surface area contributed by atoms with E-state index in [1.54, 1.807) is 25.7 Å². The third kappa shape index (κ3) is 4.41.